The van der Waals surface area contributed by atoms with Crippen LogP contribution >= 0.6 is 11.8 Å². The van der Waals surface area contributed by atoms with Crippen molar-refractivity contribution < 1.29 is 4.42 Å². The number of nitrogens with two attached hydrogens (primary N) is 1. The van der Waals surface area contributed by atoms with E-state index in [0.717, 1.165) is 23.9 Å². The maximum absolute atomic E-state index is 5.61. The summed E-state index contributed by atoms with van der Waals surface area (Å²) in [5.41, 5.74) is 6.62. The molecule has 1 aromatic rings. The summed E-state index contributed by atoms with van der Waals surface area (Å²) in [4.78, 5) is 4.52. The van der Waals surface area contributed by atoms with Crippen molar-refractivity contribution in [2.45, 2.75) is 32.1 Å². The van der Waals surface area contributed by atoms with Crippen molar-refractivity contribution in [1.29, 1.82) is 0 Å². The van der Waals surface area contributed by atoms with Crippen LogP contribution in [0.5, 0.6) is 0 Å². The standard InChI is InChI=1S/C12H20N2OS/c1-9(7-13)11-8-15-12(14-11)6-10-2-4-16-5-3-10/h8-10H,2-7,13H2,1H3. The molecule has 4 heteroatoms. The van der Waals surface area contributed by atoms with Crippen LogP contribution in [0.4, 0.5) is 0 Å². The van der Waals surface area contributed by atoms with E-state index >= 15 is 0 Å². The number of aromatic nitrogens is 1. The molecule has 1 atom stereocenters. The predicted octanol–water partition coefficient (Wildman–Crippen LogP) is 2.42. The normalized spacial score (nSPS) is 19.9. The van der Waals surface area contributed by atoms with Crippen molar-refractivity contribution >= 4 is 11.8 Å². The van der Waals surface area contributed by atoms with Crippen molar-refractivity contribution in [1.82, 2.24) is 4.98 Å². The lowest BCUT2D eigenvalue weighted by molar-refractivity contribution is 0.408. The zero-order valence-corrected chi connectivity index (χ0v) is 10.6. The van der Waals surface area contributed by atoms with Crippen LogP contribution < -0.4 is 5.73 Å². The van der Waals surface area contributed by atoms with Gasteiger partial charge >= 0.3 is 0 Å². The minimum Gasteiger partial charge on any atom is -0.449 e. The highest BCUT2D eigenvalue weighted by atomic mass is 32.2. The van der Waals surface area contributed by atoms with Crippen molar-refractivity contribution in [3.05, 3.63) is 17.8 Å². The molecule has 0 amide bonds. The molecule has 1 aliphatic heterocycles. The molecule has 0 saturated carbocycles. The van der Waals surface area contributed by atoms with Gasteiger partial charge in [-0.3, -0.25) is 0 Å². The van der Waals surface area contributed by atoms with Gasteiger partial charge in [0.05, 0.1) is 5.69 Å². The second-order valence-electron chi connectivity index (χ2n) is 4.56. The lowest BCUT2D eigenvalue weighted by atomic mass is 9.99. The number of rotatable bonds is 4. The molecule has 0 spiro atoms. The van der Waals surface area contributed by atoms with Crippen molar-refractivity contribution in [2.24, 2.45) is 11.7 Å². The summed E-state index contributed by atoms with van der Waals surface area (Å²) in [6.07, 6.45) is 5.37. The van der Waals surface area contributed by atoms with E-state index in [1.165, 1.54) is 24.3 Å². The summed E-state index contributed by atoms with van der Waals surface area (Å²) >= 11 is 2.06. The number of oxazole rings is 1. The van der Waals surface area contributed by atoms with Gasteiger partial charge in [-0.05, 0) is 30.3 Å². The Labute approximate surface area is 101 Å². The first-order valence-electron chi connectivity index (χ1n) is 6.01. The molecule has 0 aliphatic carbocycles. The molecule has 3 nitrogen and oxygen atoms in total. The van der Waals surface area contributed by atoms with Gasteiger partial charge in [0, 0.05) is 18.9 Å². The fourth-order valence-corrected chi connectivity index (χ4v) is 3.17. The third-order valence-electron chi connectivity index (χ3n) is 3.23. The largest absolute Gasteiger partial charge is 0.449 e. The number of hydrogen-bond acceptors (Lipinski definition) is 4. The molecule has 1 saturated heterocycles. The quantitative estimate of drug-likeness (QED) is 0.878. The summed E-state index contributed by atoms with van der Waals surface area (Å²) in [5.74, 6) is 4.54. The van der Waals surface area contributed by atoms with Gasteiger partial charge in [-0.2, -0.15) is 11.8 Å². The highest BCUT2D eigenvalue weighted by molar-refractivity contribution is 7.99. The zero-order valence-electron chi connectivity index (χ0n) is 9.82. The van der Waals surface area contributed by atoms with E-state index in [1.807, 2.05) is 0 Å². The topological polar surface area (TPSA) is 52.0 Å². The summed E-state index contributed by atoms with van der Waals surface area (Å²) in [6, 6.07) is 0. The van der Waals surface area contributed by atoms with Crippen molar-refractivity contribution in [3.8, 4) is 0 Å². The Balaban J connectivity index is 1.91. The zero-order chi connectivity index (χ0) is 11.4. The van der Waals surface area contributed by atoms with E-state index in [4.69, 9.17) is 10.2 Å². The van der Waals surface area contributed by atoms with Crippen LogP contribution in [0.2, 0.25) is 0 Å². The van der Waals surface area contributed by atoms with Crippen LogP contribution in [0.3, 0.4) is 0 Å². The van der Waals surface area contributed by atoms with Crippen LogP contribution in [0, 0.1) is 5.92 Å². The van der Waals surface area contributed by atoms with Gasteiger partial charge in [0.1, 0.15) is 6.26 Å². The molecule has 0 aromatic carbocycles. The summed E-state index contributed by atoms with van der Waals surface area (Å²) in [7, 11) is 0. The van der Waals surface area contributed by atoms with Crippen LogP contribution in [0.25, 0.3) is 0 Å². The maximum Gasteiger partial charge on any atom is 0.194 e. The van der Waals surface area contributed by atoms with E-state index in [9.17, 15) is 0 Å². The average molecular weight is 240 g/mol. The number of hydrogen-bond donors (Lipinski definition) is 1. The molecule has 2 rings (SSSR count). The van der Waals surface area contributed by atoms with Gasteiger partial charge in [0.15, 0.2) is 5.89 Å². The molecule has 1 unspecified atom stereocenters. The fourth-order valence-electron chi connectivity index (χ4n) is 1.96. The van der Waals surface area contributed by atoms with Crippen molar-refractivity contribution in [2.75, 3.05) is 18.1 Å². The number of nitrogens with zero attached hydrogens (tertiary/aromatic N) is 1. The maximum atomic E-state index is 5.61. The Morgan fingerprint density at radius 2 is 2.31 bits per heavy atom. The van der Waals surface area contributed by atoms with Gasteiger partial charge < -0.3 is 10.2 Å². The lowest BCUT2D eigenvalue weighted by Crippen LogP contribution is -2.13. The van der Waals surface area contributed by atoms with E-state index in [-0.39, 0.29) is 0 Å². The van der Waals surface area contributed by atoms with Gasteiger partial charge in [-0.1, -0.05) is 6.92 Å². The predicted molar refractivity (Wildman–Crippen MR) is 67.7 cm³/mol. The smallest absolute Gasteiger partial charge is 0.194 e. The van der Waals surface area contributed by atoms with Crippen LogP contribution in [-0.4, -0.2) is 23.0 Å². The molecular formula is C12H20N2OS. The van der Waals surface area contributed by atoms with Gasteiger partial charge in [-0.15, -0.1) is 0 Å². The SMILES string of the molecule is CC(CN)c1coc(CC2CCSCC2)n1. The Morgan fingerprint density at radius 3 is 3.00 bits per heavy atom. The first kappa shape index (κ1) is 12.0. The third-order valence-corrected chi connectivity index (χ3v) is 4.28. The van der Waals surface area contributed by atoms with Gasteiger partial charge in [-0.25, -0.2) is 4.98 Å². The molecule has 2 heterocycles. The van der Waals surface area contributed by atoms with E-state index < -0.39 is 0 Å². The summed E-state index contributed by atoms with van der Waals surface area (Å²) in [5, 5.41) is 0. The fraction of sp³-hybridized carbons (Fsp3) is 0.750. The number of thioether (sulfide) groups is 1. The van der Waals surface area contributed by atoms with Crippen molar-refractivity contribution in [3.63, 3.8) is 0 Å². The lowest BCUT2D eigenvalue weighted by Gasteiger charge is -2.19. The molecule has 0 bridgehead atoms. The second kappa shape index (κ2) is 5.73. The first-order valence-corrected chi connectivity index (χ1v) is 7.17. The average Bonchev–Trinajstić information content (AvgIpc) is 2.78. The molecule has 1 aromatic heterocycles. The minimum absolute atomic E-state index is 0.305. The molecule has 2 N–H and O–H groups in total. The third kappa shape index (κ3) is 3.01. The first-order chi connectivity index (χ1) is 7.79. The molecule has 90 valence electrons. The van der Waals surface area contributed by atoms with Crippen LogP contribution in [0.1, 0.15) is 37.3 Å². The molecule has 16 heavy (non-hydrogen) atoms. The summed E-state index contributed by atoms with van der Waals surface area (Å²) < 4.78 is 5.52. The Morgan fingerprint density at radius 1 is 1.56 bits per heavy atom. The molecule has 1 fully saturated rings. The molecule has 0 radical (unpaired) electrons. The highest BCUT2D eigenvalue weighted by Gasteiger charge is 2.17. The Hall–Kier alpha value is -0.480. The Kier molecular flexibility index (Phi) is 4.29. The molecule has 1 aliphatic rings. The van der Waals surface area contributed by atoms with Crippen LogP contribution in [0.15, 0.2) is 10.7 Å². The molecular weight excluding hydrogens is 220 g/mol. The van der Waals surface area contributed by atoms with Crippen LogP contribution in [-0.2, 0) is 6.42 Å². The summed E-state index contributed by atoms with van der Waals surface area (Å²) in [6.45, 7) is 2.71. The van der Waals surface area contributed by atoms with Gasteiger partial charge in [0.25, 0.3) is 0 Å². The highest BCUT2D eigenvalue weighted by Crippen LogP contribution is 2.26. The van der Waals surface area contributed by atoms with E-state index in [0.29, 0.717) is 12.5 Å². The second-order valence-corrected chi connectivity index (χ2v) is 5.79. The van der Waals surface area contributed by atoms with E-state index in [2.05, 4.69) is 23.7 Å². The van der Waals surface area contributed by atoms with Gasteiger partial charge in [0.2, 0.25) is 0 Å². The Bertz CT molecular complexity index is 321. The van der Waals surface area contributed by atoms with E-state index in [1.54, 1.807) is 6.26 Å². The monoisotopic (exact) mass is 240 g/mol. The minimum atomic E-state index is 0.305.